The molecular weight excluding hydrogens is 254 g/mol. The van der Waals surface area contributed by atoms with Gasteiger partial charge in [-0.1, -0.05) is 23.8 Å². The zero-order valence-corrected chi connectivity index (χ0v) is 12.6. The van der Waals surface area contributed by atoms with Crippen molar-refractivity contribution in [3.8, 4) is 0 Å². The Hall–Kier alpha value is -2.10. The van der Waals surface area contributed by atoms with E-state index in [1.165, 1.54) is 19.4 Å². The smallest absolute Gasteiger partial charge is 0.331 e. The van der Waals surface area contributed by atoms with Crippen LogP contribution in [0.5, 0.6) is 0 Å². The van der Waals surface area contributed by atoms with Gasteiger partial charge in [0, 0.05) is 11.1 Å². The van der Waals surface area contributed by atoms with Gasteiger partial charge < -0.3 is 10.4 Å². The normalized spacial score (nSPS) is 13.4. The molecular formula is C16H21NO3. The molecule has 0 aliphatic rings. The first-order valence-corrected chi connectivity index (χ1v) is 6.52. The summed E-state index contributed by atoms with van der Waals surface area (Å²) in [7, 11) is 0. The molecule has 1 unspecified atom stereocenters. The molecule has 0 spiro atoms. The van der Waals surface area contributed by atoms with Gasteiger partial charge in [0.15, 0.2) is 0 Å². The third-order valence-corrected chi connectivity index (χ3v) is 3.46. The average molecular weight is 275 g/mol. The van der Waals surface area contributed by atoms with E-state index in [4.69, 9.17) is 5.11 Å². The van der Waals surface area contributed by atoms with Crippen LogP contribution in [0.15, 0.2) is 29.3 Å². The predicted octanol–water partition coefficient (Wildman–Crippen LogP) is 2.90. The number of carbonyl (C=O) groups is 2. The molecule has 0 aliphatic carbocycles. The summed E-state index contributed by atoms with van der Waals surface area (Å²) >= 11 is 0. The minimum Gasteiger partial charge on any atom is -0.478 e. The molecule has 1 aromatic rings. The van der Waals surface area contributed by atoms with E-state index in [0.29, 0.717) is 0 Å². The number of benzene rings is 1. The third-order valence-electron chi connectivity index (χ3n) is 3.46. The number of rotatable bonds is 4. The summed E-state index contributed by atoms with van der Waals surface area (Å²) in [5, 5.41) is 11.7. The lowest BCUT2D eigenvalue weighted by atomic mass is 10.00. The van der Waals surface area contributed by atoms with Gasteiger partial charge in [0.1, 0.15) is 0 Å². The Bertz CT molecular complexity index is 573. The standard InChI is InChI=1S/C16H21NO3/c1-9-6-7-14(10(2)8-9)13(5)17-15(18)11(3)12(4)16(19)20/h6-8,13H,1-5H3,(H,17,18)(H,19,20). The lowest BCUT2D eigenvalue weighted by molar-refractivity contribution is -0.133. The number of amides is 1. The first-order chi connectivity index (χ1) is 9.23. The molecule has 1 aromatic carbocycles. The van der Waals surface area contributed by atoms with Crippen LogP contribution in [-0.2, 0) is 9.59 Å². The maximum absolute atomic E-state index is 12.0. The molecule has 0 aliphatic heterocycles. The highest BCUT2D eigenvalue weighted by atomic mass is 16.4. The van der Waals surface area contributed by atoms with Crippen molar-refractivity contribution >= 4 is 11.9 Å². The molecule has 0 heterocycles. The summed E-state index contributed by atoms with van der Waals surface area (Å²) in [6.07, 6.45) is 0. The van der Waals surface area contributed by atoms with E-state index in [2.05, 4.69) is 11.4 Å². The van der Waals surface area contributed by atoms with E-state index >= 15 is 0 Å². The summed E-state index contributed by atoms with van der Waals surface area (Å²) in [6.45, 7) is 8.85. The van der Waals surface area contributed by atoms with Gasteiger partial charge in [-0.3, -0.25) is 4.79 Å². The van der Waals surface area contributed by atoms with Crippen LogP contribution in [0.3, 0.4) is 0 Å². The lowest BCUT2D eigenvalue weighted by Crippen LogP contribution is -2.28. The maximum atomic E-state index is 12.0. The summed E-state index contributed by atoms with van der Waals surface area (Å²) in [5.74, 6) is -1.42. The Morgan fingerprint density at radius 2 is 1.75 bits per heavy atom. The molecule has 0 radical (unpaired) electrons. The molecule has 0 fully saturated rings. The highest BCUT2D eigenvalue weighted by Gasteiger charge is 2.16. The van der Waals surface area contributed by atoms with E-state index < -0.39 is 5.97 Å². The molecule has 1 rings (SSSR count). The first-order valence-electron chi connectivity index (χ1n) is 6.52. The van der Waals surface area contributed by atoms with Crippen molar-refractivity contribution in [2.45, 2.75) is 40.7 Å². The SMILES string of the molecule is CC(C(=O)O)=C(C)C(=O)NC(C)c1ccc(C)cc1C. The van der Waals surface area contributed by atoms with Crippen LogP contribution in [0.25, 0.3) is 0 Å². The Morgan fingerprint density at radius 1 is 1.15 bits per heavy atom. The highest BCUT2D eigenvalue weighted by molar-refractivity contribution is 6.01. The second kappa shape index (κ2) is 6.37. The zero-order chi connectivity index (χ0) is 15.4. The number of carboxylic acids is 1. The van der Waals surface area contributed by atoms with Gasteiger partial charge >= 0.3 is 5.97 Å². The molecule has 1 amide bonds. The minimum atomic E-state index is -1.07. The van der Waals surface area contributed by atoms with Gasteiger partial charge in [0.05, 0.1) is 6.04 Å². The Labute approximate surface area is 119 Å². The molecule has 0 bridgehead atoms. The van der Waals surface area contributed by atoms with E-state index in [-0.39, 0.29) is 23.1 Å². The van der Waals surface area contributed by atoms with Crippen molar-refractivity contribution in [2.75, 3.05) is 0 Å². The molecule has 108 valence electrons. The van der Waals surface area contributed by atoms with Crippen LogP contribution < -0.4 is 5.32 Å². The summed E-state index contributed by atoms with van der Waals surface area (Å²) in [6, 6.07) is 5.87. The molecule has 4 heteroatoms. The average Bonchev–Trinajstić information content (AvgIpc) is 2.36. The second-order valence-corrected chi connectivity index (χ2v) is 5.11. The van der Waals surface area contributed by atoms with E-state index in [9.17, 15) is 9.59 Å². The molecule has 20 heavy (non-hydrogen) atoms. The molecule has 1 atom stereocenters. The van der Waals surface area contributed by atoms with Gasteiger partial charge in [-0.25, -0.2) is 4.79 Å². The van der Waals surface area contributed by atoms with Gasteiger partial charge in [-0.2, -0.15) is 0 Å². The van der Waals surface area contributed by atoms with Crippen LogP contribution >= 0.6 is 0 Å². The van der Waals surface area contributed by atoms with Crippen LogP contribution in [-0.4, -0.2) is 17.0 Å². The number of aliphatic carboxylic acids is 1. The molecule has 4 nitrogen and oxygen atoms in total. The monoisotopic (exact) mass is 275 g/mol. The second-order valence-electron chi connectivity index (χ2n) is 5.11. The quantitative estimate of drug-likeness (QED) is 0.830. The van der Waals surface area contributed by atoms with Crippen molar-refractivity contribution < 1.29 is 14.7 Å². The van der Waals surface area contributed by atoms with Crippen LogP contribution in [0.1, 0.15) is 43.5 Å². The number of aryl methyl sites for hydroxylation is 2. The molecule has 0 saturated carbocycles. The van der Waals surface area contributed by atoms with Crippen molar-refractivity contribution in [1.29, 1.82) is 0 Å². The fourth-order valence-electron chi connectivity index (χ4n) is 2.02. The van der Waals surface area contributed by atoms with Crippen LogP contribution in [0, 0.1) is 13.8 Å². The Morgan fingerprint density at radius 3 is 2.25 bits per heavy atom. The number of carbonyl (C=O) groups excluding carboxylic acids is 1. The molecule has 2 N–H and O–H groups in total. The number of nitrogens with one attached hydrogen (secondary N) is 1. The van der Waals surface area contributed by atoms with Gasteiger partial charge in [0.2, 0.25) is 5.91 Å². The van der Waals surface area contributed by atoms with Crippen molar-refractivity contribution in [3.63, 3.8) is 0 Å². The summed E-state index contributed by atoms with van der Waals surface area (Å²) in [4.78, 5) is 22.9. The summed E-state index contributed by atoms with van der Waals surface area (Å²) < 4.78 is 0. The van der Waals surface area contributed by atoms with Gasteiger partial charge in [0.25, 0.3) is 0 Å². The first kappa shape index (κ1) is 16.0. The fourth-order valence-corrected chi connectivity index (χ4v) is 2.02. The third kappa shape index (κ3) is 3.70. The highest BCUT2D eigenvalue weighted by Crippen LogP contribution is 2.19. The van der Waals surface area contributed by atoms with E-state index in [0.717, 1.165) is 11.1 Å². The van der Waals surface area contributed by atoms with Gasteiger partial charge in [-0.15, -0.1) is 0 Å². The van der Waals surface area contributed by atoms with Crippen LogP contribution in [0.4, 0.5) is 0 Å². The number of hydrogen-bond donors (Lipinski definition) is 2. The zero-order valence-electron chi connectivity index (χ0n) is 12.6. The fraction of sp³-hybridized carbons (Fsp3) is 0.375. The van der Waals surface area contributed by atoms with Crippen molar-refractivity contribution in [3.05, 3.63) is 46.0 Å². The lowest BCUT2D eigenvalue weighted by Gasteiger charge is -2.17. The van der Waals surface area contributed by atoms with Crippen LogP contribution in [0.2, 0.25) is 0 Å². The number of carboxylic acid groups (broad SMARTS) is 1. The summed E-state index contributed by atoms with van der Waals surface area (Å²) in [5.41, 5.74) is 3.60. The minimum absolute atomic E-state index is 0.0651. The van der Waals surface area contributed by atoms with E-state index in [1.807, 2.05) is 32.9 Å². The van der Waals surface area contributed by atoms with Crippen molar-refractivity contribution in [1.82, 2.24) is 5.32 Å². The van der Waals surface area contributed by atoms with Gasteiger partial charge in [-0.05, 0) is 45.7 Å². The Kier molecular flexibility index (Phi) is 5.08. The predicted molar refractivity (Wildman–Crippen MR) is 78.5 cm³/mol. The van der Waals surface area contributed by atoms with Crippen molar-refractivity contribution in [2.24, 2.45) is 0 Å². The largest absolute Gasteiger partial charge is 0.478 e. The Balaban J connectivity index is 2.91. The van der Waals surface area contributed by atoms with E-state index in [1.54, 1.807) is 0 Å². The molecule has 0 saturated heterocycles. The number of hydrogen-bond acceptors (Lipinski definition) is 2. The maximum Gasteiger partial charge on any atom is 0.331 e. The topological polar surface area (TPSA) is 66.4 Å². The molecule has 0 aromatic heterocycles.